The van der Waals surface area contributed by atoms with Gasteiger partial charge in [-0.25, -0.2) is 9.59 Å². The molecule has 2 saturated heterocycles. The zero-order valence-electron chi connectivity index (χ0n) is 67.5. The van der Waals surface area contributed by atoms with Crippen molar-refractivity contribution in [3.8, 4) is 57.1 Å². The molecule has 39 nitrogen and oxygen atoms in total. The fraction of sp³-hybridized carbons (Fsp3) is 0.410. The van der Waals surface area contributed by atoms with Crippen molar-refractivity contribution < 1.29 is 123 Å². The normalized spacial score (nSPS) is 26.0. The minimum absolute atomic E-state index is 0.0249. The number of likely N-dealkylation sites (N-methyl/N-ethyl adjacent to an activating group) is 1. The number of hydrogen-bond donors (Lipinski definition) is 21. The van der Waals surface area contributed by atoms with Crippen molar-refractivity contribution in [1.29, 1.82) is 0 Å². The van der Waals surface area contributed by atoms with Gasteiger partial charge in [0.05, 0.1) is 41.3 Å². The van der Waals surface area contributed by atoms with Crippen LogP contribution in [0.3, 0.4) is 0 Å². The summed E-state index contributed by atoms with van der Waals surface area (Å²) in [5.74, 6) is -17.0. The third-order valence-corrected chi connectivity index (χ3v) is 22.3. The van der Waals surface area contributed by atoms with Crippen molar-refractivity contribution >= 4 is 87.9 Å². The summed E-state index contributed by atoms with van der Waals surface area (Å²) in [7, 11) is 1.47. The highest BCUT2D eigenvalue weighted by Crippen LogP contribution is 2.50. The van der Waals surface area contributed by atoms with Gasteiger partial charge in [-0.3, -0.25) is 42.9 Å². The van der Waals surface area contributed by atoms with E-state index in [2.05, 4.69) is 65.1 Å². The van der Waals surface area contributed by atoms with Crippen molar-refractivity contribution in [2.24, 2.45) is 11.7 Å². The molecule has 6 aromatic carbocycles. The third-order valence-electron chi connectivity index (χ3n) is 21.7. The van der Waals surface area contributed by atoms with Crippen molar-refractivity contribution in [3.63, 3.8) is 0 Å². The Kier molecular flexibility index (Phi) is 28.7. The van der Waals surface area contributed by atoms with Gasteiger partial charge in [0.1, 0.15) is 95.3 Å². The maximum absolute atomic E-state index is 16.2. The van der Waals surface area contributed by atoms with Crippen LogP contribution in [0.15, 0.2) is 120 Å². The number of carbonyl (C=O) groups excluding carboxylic acids is 8. The lowest BCUT2D eigenvalue weighted by atomic mass is 9.85. The average Bonchev–Trinajstić information content (AvgIpc) is 0.765. The first kappa shape index (κ1) is 91.4. The lowest BCUT2D eigenvalue weighted by Gasteiger charge is -2.48. The summed E-state index contributed by atoms with van der Waals surface area (Å²) in [5.41, 5.74) is 1.80. The van der Waals surface area contributed by atoms with Crippen LogP contribution in [0.1, 0.15) is 135 Å². The maximum Gasteiger partial charge on any atom is 0.349 e. The van der Waals surface area contributed by atoms with Crippen molar-refractivity contribution in [3.05, 3.63) is 169 Å². The molecule has 7 aromatic rings. The molecule has 3 unspecified atom stereocenters. The number of nitrogens with zero attached hydrogens (tertiary/aromatic N) is 2. The van der Waals surface area contributed by atoms with E-state index in [1.54, 1.807) is 31.2 Å². The van der Waals surface area contributed by atoms with Crippen LogP contribution in [0.2, 0.25) is 10.0 Å². The molecule has 11 bridgehead atoms. The predicted molar refractivity (Wildman–Crippen MR) is 439 cm³/mol. The number of phenolic OH excluding ortho intramolecular Hbond substituents is 3. The number of phenols is 3. The molecule has 14 rings (SSSR count). The molecule has 7 aliphatic rings. The highest BCUT2D eigenvalue weighted by atomic mass is 35.5. The molecule has 18 atom stereocenters. The first-order chi connectivity index (χ1) is 58.9. The van der Waals surface area contributed by atoms with Gasteiger partial charge in [0.25, 0.3) is 5.91 Å². The maximum atomic E-state index is 16.2. The number of aromatic hydroxyl groups is 3. The second-order valence-corrected chi connectivity index (χ2v) is 32.0. The second kappa shape index (κ2) is 38.9. The molecule has 41 heteroatoms. The van der Waals surface area contributed by atoms with Gasteiger partial charge in [-0.15, -0.1) is 0 Å². The first-order valence-corrected chi connectivity index (χ1v) is 40.3. The van der Waals surface area contributed by atoms with Gasteiger partial charge in [-0.1, -0.05) is 68.6 Å². The zero-order valence-corrected chi connectivity index (χ0v) is 69.0. The Morgan fingerprint density at radius 3 is 1.98 bits per heavy atom. The summed E-state index contributed by atoms with van der Waals surface area (Å²) in [4.78, 5) is 149. The first-order valence-electron chi connectivity index (χ1n) is 39.6. The smallest absolute Gasteiger partial charge is 0.349 e. The molecule has 1 aromatic heterocycles. The van der Waals surface area contributed by atoms with Gasteiger partial charge in [0.15, 0.2) is 29.9 Å². The predicted octanol–water partition coefficient (Wildman–Crippen LogP) is 2.46. The Balaban J connectivity index is 0.980. The number of hydrogen-bond acceptors (Lipinski definition) is 29. The summed E-state index contributed by atoms with van der Waals surface area (Å²) >= 11 is 14.3. The topological polar surface area (TPSA) is 593 Å². The summed E-state index contributed by atoms with van der Waals surface area (Å²) in [6.07, 6.45) is -16.1. The number of aliphatic carboxylic acids is 1. The minimum atomic E-state index is -2.39. The molecular formula is C83H95Cl2N13O26. The molecule has 0 radical (unpaired) electrons. The van der Waals surface area contributed by atoms with Gasteiger partial charge < -0.3 is 138 Å². The van der Waals surface area contributed by atoms with Gasteiger partial charge in [-0.2, -0.15) is 4.98 Å². The van der Waals surface area contributed by atoms with Crippen LogP contribution in [0.25, 0.3) is 11.1 Å². The standard InChI is InChI=1S/C83H95Cl2N13O26/c1-7-8-20-88-42-14-9-37(10-15-42)73(109)91-58-19-22-98(82(118)92-58)23-21-89-83(5)33-59(119-36(4)72(83)108)123-71-69(107)68(106)56(34-99)122-81(71)124-70-54-28-41-29-55(70)121-53-18-13-40(27-47(53)85)67(105)65-79(115)95-63(80(116)117)45-30-43(100)31-51(102)60(45)44-25-38(11-16-50(44)101)61(76(112)97-65)94-77(113)62(41)93-75(111)49(32-57(86)103)90-78(114)64(96-74(110)48(87-6)24-35(2)3)66(104)39-12-17-52(120-54)46(84)26-39/h9-19,22,25-31,35-36,48-49,56,59,61-69,71-72,81,87-89,99-102,104-108H,7-8,20-21,23-24,32-34H2,1-6H3,(H2,86,103)(H,90,114)(H,93,111)(H,94,113)(H,95,115)(H,96,110)(H,97,112)(H,116,117)(H,91,92,109,118)/t36-,48+,49-,56+,59-,61?,62?,63+,64+,65-,66+,67+,68+,69-,71+,72+,81?,83-/m0/s1. The summed E-state index contributed by atoms with van der Waals surface area (Å²) in [6.45, 7) is 8.46. The lowest BCUT2D eigenvalue weighted by molar-refractivity contribution is -0.334. The van der Waals surface area contributed by atoms with E-state index in [1.807, 2.05) is 13.8 Å². The number of rotatable bonds is 23. The molecule has 0 aliphatic carbocycles. The van der Waals surface area contributed by atoms with Crippen LogP contribution in [0, 0.1) is 5.92 Å². The second-order valence-electron chi connectivity index (χ2n) is 31.2. The van der Waals surface area contributed by atoms with Crippen molar-refractivity contribution in [2.75, 3.05) is 37.4 Å². The molecule has 124 heavy (non-hydrogen) atoms. The Morgan fingerprint density at radius 2 is 1.36 bits per heavy atom. The largest absolute Gasteiger partial charge is 0.508 e. The number of benzene rings is 6. The monoisotopic (exact) mass is 1760 g/mol. The Morgan fingerprint density at radius 1 is 0.718 bits per heavy atom. The number of carboxylic acids is 1. The van der Waals surface area contributed by atoms with Gasteiger partial charge in [0, 0.05) is 71.8 Å². The fourth-order valence-corrected chi connectivity index (χ4v) is 15.6. The van der Waals surface area contributed by atoms with Gasteiger partial charge >= 0.3 is 11.7 Å². The molecule has 662 valence electrons. The highest BCUT2D eigenvalue weighted by molar-refractivity contribution is 6.32. The number of carbonyl (C=O) groups is 9. The van der Waals surface area contributed by atoms with E-state index in [9.17, 15) is 84.6 Å². The number of aliphatic hydroxyl groups excluding tert-OH is 6. The molecule has 0 saturated carbocycles. The number of halogens is 2. The third kappa shape index (κ3) is 20.5. The number of carboxylic acid groups (broad SMARTS) is 1. The summed E-state index contributed by atoms with van der Waals surface area (Å²) < 4.78 is 40.6. The van der Waals surface area contributed by atoms with Gasteiger partial charge in [-0.05, 0) is 147 Å². The average molecular weight is 1760 g/mol. The summed E-state index contributed by atoms with van der Waals surface area (Å²) in [6, 6.07) is 7.15. The SMILES string of the molecule is CCCCNc1ccc(C(=O)Nc2ccn(CCN[C@@]3(C)C[C@H](O[C@H]4C(Oc5c6cc7cc5Oc5ccc(cc5Cl)[C@@H](O)[C@@H](NC(=O)[C@@H](CC(C)C)NC)C(=O)N[C@@H](CC(N)=O)C(=O)NC7C(=O)NC5C(=O)N[C@H](C(=O)N[C@@H](C(=O)O)c7cc(O)cc(O)c7-c7cc5ccc7O)[C@H](O)c5ccc(c(Cl)c5)O6)O[C@H](CO)[C@@H](O)[C@@H]4O)O[C@@H](C)[C@H]3O)c(=O)n2)cc1. The number of primary amides is 1. The number of nitrogens with one attached hydrogen (secondary N) is 10. The van der Waals surface area contributed by atoms with Crippen LogP contribution in [-0.2, 0) is 59.1 Å². The van der Waals surface area contributed by atoms with Crippen LogP contribution >= 0.6 is 23.2 Å². The quantitative estimate of drug-likeness (QED) is 0.0409. The number of aliphatic hydroxyl groups is 6. The number of amides is 8. The molecule has 7 aliphatic heterocycles. The van der Waals surface area contributed by atoms with E-state index < -0.39 is 254 Å². The molecular weight excluding hydrogens is 1670 g/mol. The van der Waals surface area contributed by atoms with Crippen molar-refractivity contribution in [2.45, 2.75) is 183 Å². The minimum Gasteiger partial charge on any atom is -0.508 e. The zero-order chi connectivity index (χ0) is 89.6. The Hall–Kier alpha value is -11.8. The number of ether oxygens (including phenoxy) is 6. The number of nitrogens with two attached hydrogens (primary N) is 1. The molecule has 8 heterocycles. The number of fused-ring (bicyclic) bond motifs is 15. The molecule has 8 amide bonds. The Bertz CT molecular complexity index is 5280. The Labute approximate surface area is 717 Å². The van der Waals surface area contributed by atoms with Crippen molar-refractivity contribution in [1.82, 2.24) is 52.1 Å². The van der Waals surface area contributed by atoms with Crippen LogP contribution in [-0.4, -0.2) is 219 Å². The van der Waals surface area contributed by atoms with E-state index in [4.69, 9.17) is 57.4 Å². The van der Waals surface area contributed by atoms with E-state index >= 15 is 14.4 Å². The van der Waals surface area contributed by atoms with E-state index in [1.165, 1.54) is 42.9 Å². The van der Waals surface area contributed by atoms with Gasteiger partial charge in [0.2, 0.25) is 53.4 Å². The van der Waals surface area contributed by atoms with Crippen LogP contribution in [0.5, 0.6) is 46.0 Å². The highest BCUT2D eigenvalue weighted by Gasteiger charge is 2.52. The lowest BCUT2D eigenvalue weighted by Crippen LogP contribution is -2.65. The van der Waals surface area contributed by atoms with Crippen LogP contribution in [0.4, 0.5) is 11.5 Å². The van der Waals surface area contributed by atoms with E-state index in [0.29, 0.717) is 5.56 Å². The number of anilines is 2. The molecule has 0 spiro atoms. The van der Waals surface area contributed by atoms with E-state index in [0.717, 1.165) is 91.8 Å². The molecule has 2 fully saturated rings. The fourth-order valence-electron chi connectivity index (χ4n) is 15.1. The van der Waals surface area contributed by atoms with Crippen LogP contribution < -0.4 is 78.8 Å². The van der Waals surface area contributed by atoms with E-state index in [-0.39, 0.29) is 60.1 Å². The summed E-state index contributed by atoms with van der Waals surface area (Å²) in [5, 5.41) is 142. The number of aromatic nitrogens is 2. The number of unbranched alkanes of at least 4 members (excludes halogenated alkanes) is 1. The molecule has 22 N–H and O–H groups in total.